The minimum absolute atomic E-state index is 0.702. The molecule has 0 amide bonds. The molecule has 2 heteroatoms. The Hall–Kier alpha value is -1.02. The van der Waals surface area contributed by atoms with Crippen molar-refractivity contribution < 1.29 is 0 Å². The zero-order valence-corrected chi connectivity index (χ0v) is 13.7. The van der Waals surface area contributed by atoms with Gasteiger partial charge in [-0.3, -0.25) is 0 Å². The highest BCUT2D eigenvalue weighted by Crippen LogP contribution is 2.39. The average Bonchev–Trinajstić information content (AvgIpc) is 3.04. The van der Waals surface area contributed by atoms with Gasteiger partial charge in [0.15, 0.2) is 0 Å². The summed E-state index contributed by atoms with van der Waals surface area (Å²) in [6.45, 7) is 12.3. The Morgan fingerprint density at radius 1 is 1.35 bits per heavy atom. The molecule has 2 rings (SSSR count). The summed E-state index contributed by atoms with van der Waals surface area (Å²) in [6.07, 6.45) is 1.40. The van der Waals surface area contributed by atoms with Crippen molar-refractivity contribution in [3.05, 3.63) is 29.3 Å². The molecule has 2 atom stereocenters. The molecule has 112 valence electrons. The van der Waals surface area contributed by atoms with E-state index in [4.69, 9.17) is 0 Å². The van der Waals surface area contributed by atoms with E-state index in [0.29, 0.717) is 5.92 Å². The Kier molecular flexibility index (Phi) is 5.09. The molecular formula is C18H30N2. The SMILES string of the molecule is Cc1ccc(N(C)CC2CC2C)c(CNCC(C)C)c1. The number of hydrogen-bond donors (Lipinski definition) is 1. The van der Waals surface area contributed by atoms with E-state index < -0.39 is 0 Å². The second kappa shape index (κ2) is 6.62. The Labute approximate surface area is 124 Å². The Bertz CT molecular complexity index is 439. The molecule has 1 saturated carbocycles. The summed E-state index contributed by atoms with van der Waals surface area (Å²) < 4.78 is 0. The van der Waals surface area contributed by atoms with Gasteiger partial charge in [0.2, 0.25) is 0 Å². The van der Waals surface area contributed by atoms with E-state index in [0.717, 1.165) is 24.9 Å². The van der Waals surface area contributed by atoms with E-state index in [-0.39, 0.29) is 0 Å². The summed E-state index contributed by atoms with van der Waals surface area (Å²) in [7, 11) is 2.24. The van der Waals surface area contributed by atoms with Crippen LogP contribution in [-0.2, 0) is 6.54 Å². The average molecular weight is 274 g/mol. The summed E-state index contributed by atoms with van der Waals surface area (Å²) in [6, 6.07) is 6.85. The lowest BCUT2D eigenvalue weighted by Crippen LogP contribution is -2.25. The lowest BCUT2D eigenvalue weighted by atomic mass is 10.1. The number of rotatable bonds is 7. The highest BCUT2D eigenvalue weighted by atomic mass is 15.1. The zero-order valence-electron chi connectivity index (χ0n) is 13.7. The van der Waals surface area contributed by atoms with Crippen LogP contribution in [-0.4, -0.2) is 20.1 Å². The lowest BCUT2D eigenvalue weighted by molar-refractivity contribution is 0.552. The predicted octanol–water partition coefficient (Wildman–Crippen LogP) is 3.83. The molecule has 0 aromatic heterocycles. The van der Waals surface area contributed by atoms with Crippen molar-refractivity contribution in [2.24, 2.45) is 17.8 Å². The molecule has 1 N–H and O–H groups in total. The van der Waals surface area contributed by atoms with Crippen molar-refractivity contribution in [3.63, 3.8) is 0 Å². The number of hydrogen-bond acceptors (Lipinski definition) is 2. The van der Waals surface area contributed by atoms with Crippen LogP contribution in [0.5, 0.6) is 0 Å². The quantitative estimate of drug-likeness (QED) is 0.813. The number of anilines is 1. The van der Waals surface area contributed by atoms with Crippen molar-refractivity contribution >= 4 is 5.69 Å². The van der Waals surface area contributed by atoms with Gasteiger partial charge in [-0.05, 0) is 49.3 Å². The molecule has 0 aliphatic heterocycles. The largest absolute Gasteiger partial charge is 0.374 e. The minimum Gasteiger partial charge on any atom is -0.374 e. The smallest absolute Gasteiger partial charge is 0.0409 e. The molecule has 2 nitrogen and oxygen atoms in total. The fourth-order valence-corrected chi connectivity index (χ4v) is 2.83. The van der Waals surface area contributed by atoms with Gasteiger partial charge in [0, 0.05) is 25.8 Å². The maximum absolute atomic E-state index is 3.57. The van der Waals surface area contributed by atoms with Crippen LogP contribution < -0.4 is 10.2 Å². The summed E-state index contributed by atoms with van der Waals surface area (Å²) in [5.41, 5.74) is 4.18. The van der Waals surface area contributed by atoms with Crippen LogP contribution >= 0.6 is 0 Å². The third-order valence-electron chi connectivity index (χ3n) is 4.30. The molecule has 0 radical (unpaired) electrons. The van der Waals surface area contributed by atoms with Gasteiger partial charge >= 0.3 is 0 Å². The lowest BCUT2D eigenvalue weighted by Gasteiger charge is -2.23. The normalized spacial score (nSPS) is 21.3. The van der Waals surface area contributed by atoms with Crippen molar-refractivity contribution in [2.75, 3.05) is 25.0 Å². The van der Waals surface area contributed by atoms with Crippen LogP contribution in [0.1, 0.15) is 38.3 Å². The first-order chi connectivity index (χ1) is 9.47. The van der Waals surface area contributed by atoms with E-state index >= 15 is 0 Å². The zero-order chi connectivity index (χ0) is 14.7. The van der Waals surface area contributed by atoms with E-state index in [1.165, 1.54) is 29.8 Å². The Balaban J connectivity index is 2.02. The first-order valence-corrected chi connectivity index (χ1v) is 7.98. The molecule has 1 aromatic rings. The number of aryl methyl sites for hydroxylation is 1. The molecule has 0 bridgehead atoms. The van der Waals surface area contributed by atoms with E-state index in [2.05, 4.69) is 63.2 Å². The fraction of sp³-hybridized carbons (Fsp3) is 0.667. The van der Waals surface area contributed by atoms with Gasteiger partial charge in [-0.25, -0.2) is 0 Å². The molecular weight excluding hydrogens is 244 g/mol. The van der Waals surface area contributed by atoms with Gasteiger partial charge in [0.25, 0.3) is 0 Å². The molecule has 20 heavy (non-hydrogen) atoms. The van der Waals surface area contributed by atoms with Crippen LogP contribution in [0.15, 0.2) is 18.2 Å². The summed E-state index contributed by atoms with van der Waals surface area (Å²) in [5.74, 6) is 2.52. The van der Waals surface area contributed by atoms with Gasteiger partial charge in [-0.2, -0.15) is 0 Å². The maximum Gasteiger partial charge on any atom is 0.0409 e. The molecule has 0 heterocycles. The molecule has 1 aromatic carbocycles. The summed E-state index contributed by atoms with van der Waals surface area (Å²) >= 11 is 0. The highest BCUT2D eigenvalue weighted by Gasteiger charge is 2.33. The number of nitrogens with one attached hydrogen (secondary N) is 1. The topological polar surface area (TPSA) is 15.3 Å². The third-order valence-corrected chi connectivity index (χ3v) is 4.30. The minimum atomic E-state index is 0.702. The molecule has 0 saturated heterocycles. The van der Waals surface area contributed by atoms with Crippen LogP contribution in [0.4, 0.5) is 5.69 Å². The maximum atomic E-state index is 3.57. The second-order valence-electron chi connectivity index (χ2n) is 7.01. The molecule has 0 spiro atoms. The first-order valence-electron chi connectivity index (χ1n) is 7.98. The Morgan fingerprint density at radius 3 is 2.65 bits per heavy atom. The number of benzene rings is 1. The fourth-order valence-electron chi connectivity index (χ4n) is 2.83. The molecule has 1 fully saturated rings. The van der Waals surface area contributed by atoms with Crippen LogP contribution in [0.25, 0.3) is 0 Å². The molecule has 2 unspecified atom stereocenters. The van der Waals surface area contributed by atoms with Gasteiger partial charge in [-0.15, -0.1) is 0 Å². The van der Waals surface area contributed by atoms with Crippen molar-refractivity contribution in [1.29, 1.82) is 0 Å². The molecule has 1 aliphatic rings. The van der Waals surface area contributed by atoms with Crippen molar-refractivity contribution in [3.8, 4) is 0 Å². The number of nitrogens with zero attached hydrogens (tertiary/aromatic N) is 1. The standard InChI is InChI=1S/C18H30N2/c1-13(2)10-19-11-16-8-14(3)6-7-18(16)20(5)12-17-9-15(17)4/h6-8,13,15,17,19H,9-12H2,1-5H3. The van der Waals surface area contributed by atoms with E-state index in [1.807, 2.05) is 0 Å². The molecule has 1 aliphatic carbocycles. The summed E-state index contributed by atoms with van der Waals surface area (Å²) in [4.78, 5) is 2.44. The monoisotopic (exact) mass is 274 g/mol. The Morgan fingerprint density at radius 2 is 2.05 bits per heavy atom. The van der Waals surface area contributed by atoms with E-state index in [1.54, 1.807) is 0 Å². The highest BCUT2D eigenvalue weighted by molar-refractivity contribution is 5.54. The van der Waals surface area contributed by atoms with Gasteiger partial charge in [0.05, 0.1) is 0 Å². The van der Waals surface area contributed by atoms with Crippen molar-refractivity contribution in [2.45, 2.75) is 40.7 Å². The predicted molar refractivity (Wildman–Crippen MR) is 88.3 cm³/mol. The summed E-state index contributed by atoms with van der Waals surface area (Å²) in [5, 5.41) is 3.57. The van der Waals surface area contributed by atoms with Crippen molar-refractivity contribution in [1.82, 2.24) is 5.32 Å². The second-order valence-corrected chi connectivity index (χ2v) is 7.01. The third kappa shape index (κ3) is 4.24. The first kappa shape index (κ1) is 15.4. The van der Waals surface area contributed by atoms with Gasteiger partial charge in [-0.1, -0.05) is 38.5 Å². The van der Waals surface area contributed by atoms with Crippen LogP contribution in [0.2, 0.25) is 0 Å². The van der Waals surface area contributed by atoms with Crippen LogP contribution in [0.3, 0.4) is 0 Å². The van der Waals surface area contributed by atoms with Crippen LogP contribution in [0, 0.1) is 24.7 Å². The van der Waals surface area contributed by atoms with Gasteiger partial charge < -0.3 is 10.2 Å². The van der Waals surface area contributed by atoms with Gasteiger partial charge in [0.1, 0.15) is 0 Å². The van der Waals surface area contributed by atoms with E-state index in [9.17, 15) is 0 Å².